The fourth-order valence-corrected chi connectivity index (χ4v) is 3.95. The third-order valence-electron chi connectivity index (χ3n) is 5.37. The third kappa shape index (κ3) is 3.72. The number of alkyl halides is 3. The SMILES string of the molecule is CC1c2[nH]c3ccccc3c2CCN1CC(O)c1ccc(OC(F)(F)F)cc1. The predicted molar refractivity (Wildman–Crippen MR) is 100 cm³/mol. The van der Waals surface area contributed by atoms with Crippen LogP contribution in [0.1, 0.15) is 35.9 Å². The normalized spacial score (nSPS) is 18.8. The average molecular weight is 390 g/mol. The second-order valence-electron chi connectivity index (χ2n) is 7.12. The molecular formula is C21H21F3N2O2. The van der Waals surface area contributed by atoms with Gasteiger partial charge in [-0.25, -0.2) is 0 Å². The minimum absolute atomic E-state index is 0.110. The molecule has 1 aliphatic rings. The minimum Gasteiger partial charge on any atom is -0.406 e. The number of fused-ring (bicyclic) bond motifs is 3. The molecule has 1 aromatic heterocycles. The van der Waals surface area contributed by atoms with Crippen molar-refractivity contribution in [3.05, 3.63) is 65.4 Å². The van der Waals surface area contributed by atoms with Gasteiger partial charge in [0, 0.05) is 35.7 Å². The summed E-state index contributed by atoms with van der Waals surface area (Å²) in [6, 6.07) is 13.7. The highest BCUT2D eigenvalue weighted by Crippen LogP contribution is 2.35. The number of nitrogens with one attached hydrogen (secondary N) is 1. The van der Waals surface area contributed by atoms with Crippen molar-refractivity contribution in [3.63, 3.8) is 0 Å². The number of aromatic nitrogens is 1. The van der Waals surface area contributed by atoms with Gasteiger partial charge >= 0.3 is 6.36 Å². The number of para-hydroxylation sites is 1. The first-order valence-electron chi connectivity index (χ1n) is 9.19. The van der Waals surface area contributed by atoms with E-state index in [1.54, 1.807) is 0 Å². The number of hydrogen-bond donors (Lipinski definition) is 2. The van der Waals surface area contributed by atoms with E-state index in [4.69, 9.17) is 0 Å². The van der Waals surface area contributed by atoms with Gasteiger partial charge in [0.25, 0.3) is 0 Å². The lowest BCUT2D eigenvalue weighted by molar-refractivity contribution is -0.274. The predicted octanol–water partition coefficient (Wildman–Crippen LogP) is 4.72. The Bertz CT molecular complexity index is 966. The molecule has 0 aliphatic carbocycles. The lowest BCUT2D eigenvalue weighted by atomic mass is 9.97. The maximum absolute atomic E-state index is 12.3. The first-order valence-corrected chi connectivity index (χ1v) is 9.19. The molecule has 0 saturated carbocycles. The first-order chi connectivity index (χ1) is 13.3. The summed E-state index contributed by atoms with van der Waals surface area (Å²) in [6.45, 7) is 3.30. The molecule has 0 bridgehead atoms. The zero-order valence-corrected chi connectivity index (χ0v) is 15.3. The smallest absolute Gasteiger partial charge is 0.406 e. The lowest BCUT2D eigenvalue weighted by Crippen LogP contribution is -2.36. The number of hydrogen-bond acceptors (Lipinski definition) is 3. The Morgan fingerprint density at radius 3 is 2.61 bits per heavy atom. The molecule has 4 rings (SSSR count). The van der Waals surface area contributed by atoms with Gasteiger partial charge in [-0.3, -0.25) is 4.90 Å². The van der Waals surface area contributed by atoms with Crippen LogP contribution in [0.3, 0.4) is 0 Å². The monoisotopic (exact) mass is 390 g/mol. The van der Waals surface area contributed by atoms with E-state index in [2.05, 4.69) is 33.7 Å². The van der Waals surface area contributed by atoms with Gasteiger partial charge < -0.3 is 14.8 Å². The maximum Gasteiger partial charge on any atom is 0.573 e. The summed E-state index contributed by atoms with van der Waals surface area (Å²) in [5, 5.41) is 11.8. The van der Waals surface area contributed by atoms with Crippen LogP contribution in [0.5, 0.6) is 5.75 Å². The lowest BCUT2D eigenvalue weighted by Gasteiger charge is -2.35. The van der Waals surface area contributed by atoms with Crippen molar-refractivity contribution >= 4 is 10.9 Å². The van der Waals surface area contributed by atoms with Crippen LogP contribution in [0.4, 0.5) is 13.2 Å². The summed E-state index contributed by atoms with van der Waals surface area (Å²) in [6.07, 6.45) is -4.64. The number of aliphatic hydroxyl groups excluding tert-OH is 1. The zero-order chi connectivity index (χ0) is 19.9. The molecule has 0 amide bonds. The number of rotatable bonds is 4. The molecule has 0 saturated heterocycles. The van der Waals surface area contributed by atoms with E-state index in [0.717, 1.165) is 24.2 Å². The number of β-amino-alcohol motifs (C(OH)–C–C–N with tert-alkyl or cyclic N) is 1. The second kappa shape index (κ2) is 7.14. The van der Waals surface area contributed by atoms with Crippen LogP contribution in [0.15, 0.2) is 48.5 Å². The molecule has 0 fully saturated rings. The van der Waals surface area contributed by atoms with Crippen molar-refractivity contribution in [2.45, 2.75) is 31.9 Å². The fourth-order valence-electron chi connectivity index (χ4n) is 3.95. The third-order valence-corrected chi connectivity index (χ3v) is 5.37. The molecule has 0 radical (unpaired) electrons. The van der Waals surface area contributed by atoms with Crippen molar-refractivity contribution in [1.82, 2.24) is 9.88 Å². The number of nitrogens with zero attached hydrogens (tertiary/aromatic N) is 1. The number of halogens is 3. The van der Waals surface area contributed by atoms with Gasteiger partial charge in [0.05, 0.1) is 6.10 Å². The molecule has 28 heavy (non-hydrogen) atoms. The van der Waals surface area contributed by atoms with Gasteiger partial charge in [0.15, 0.2) is 0 Å². The van der Waals surface area contributed by atoms with Crippen LogP contribution in [0, 0.1) is 0 Å². The summed E-state index contributed by atoms with van der Waals surface area (Å²) in [5.41, 5.74) is 4.15. The first kappa shape index (κ1) is 18.8. The van der Waals surface area contributed by atoms with Crippen LogP contribution >= 0.6 is 0 Å². The van der Waals surface area contributed by atoms with Gasteiger partial charge in [-0.05, 0) is 42.7 Å². The molecule has 4 nitrogen and oxygen atoms in total. The molecule has 2 unspecified atom stereocenters. The summed E-state index contributed by atoms with van der Waals surface area (Å²) in [7, 11) is 0. The molecule has 2 aromatic carbocycles. The van der Waals surface area contributed by atoms with Crippen molar-refractivity contribution in [3.8, 4) is 5.75 Å². The van der Waals surface area contributed by atoms with Crippen LogP contribution in [0.25, 0.3) is 10.9 Å². The van der Waals surface area contributed by atoms with E-state index in [1.807, 2.05) is 12.1 Å². The Labute approximate surface area is 160 Å². The highest BCUT2D eigenvalue weighted by atomic mass is 19.4. The number of benzene rings is 2. The summed E-state index contributed by atoms with van der Waals surface area (Å²) < 4.78 is 40.7. The Hall–Kier alpha value is -2.51. The van der Waals surface area contributed by atoms with E-state index < -0.39 is 12.5 Å². The Kier molecular flexibility index (Phi) is 4.81. The minimum atomic E-state index is -4.72. The summed E-state index contributed by atoms with van der Waals surface area (Å²) in [4.78, 5) is 5.67. The molecule has 2 N–H and O–H groups in total. The molecule has 3 aromatic rings. The van der Waals surface area contributed by atoms with E-state index in [1.165, 1.54) is 35.2 Å². The van der Waals surface area contributed by atoms with Crippen LogP contribution in [0.2, 0.25) is 0 Å². The molecule has 1 aliphatic heterocycles. The van der Waals surface area contributed by atoms with Crippen LogP contribution in [-0.4, -0.2) is 34.4 Å². The molecule has 2 heterocycles. The number of aromatic amines is 1. The van der Waals surface area contributed by atoms with Gasteiger partial charge in [0.1, 0.15) is 5.75 Å². The highest BCUT2D eigenvalue weighted by Gasteiger charge is 2.31. The van der Waals surface area contributed by atoms with Crippen molar-refractivity contribution in [1.29, 1.82) is 0 Å². The Morgan fingerprint density at radius 1 is 1.18 bits per heavy atom. The van der Waals surface area contributed by atoms with E-state index in [0.29, 0.717) is 12.1 Å². The van der Waals surface area contributed by atoms with Crippen molar-refractivity contribution < 1.29 is 23.0 Å². The van der Waals surface area contributed by atoms with Gasteiger partial charge in [-0.2, -0.15) is 0 Å². The summed E-state index contributed by atoms with van der Waals surface area (Å²) >= 11 is 0. The molecule has 2 atom stereocenters. The largest absolute Gasteiger partial charge is 0.573 e. The average Bonchev–Trinajstić information content (AvgIpc) is 3.03. The van der Waals surface area contributed by atoms with Crippen LogP contribution < -0.4 is 4.74 Å². The Morgan fingerprint density at radius 2 is 1.89 bits per heavy atom. The fraction of sp³-hybridized carbons (Fsp3) is 0.333. The molecular weight excluding hydrogens is 369 g/mol. The number of H-pyrrole nitrogens is 1. The summed E-state index contributed by atoms with van der Waals surface area (Å²) in [5.74, 6) is -0.294. The molecule has 7 heteroatoms. The van der Waals surface area contributed by atoms with Gasteiger partial charge in [-0.1, -0.05) is 30.3 Å². The molecule has 148 valence electrons. The van der Waals surface area contributed by atoms with Gasteiger partial charge in [-0.15, -0.1) is 13.2 Å². The number of ether oxygens (including phenoxy) is 1. The van der Waals surface area contributed by atoms with Crippen molar-refractivity contribution in [2.24, 2.45) is 0 Å². The number of aliphatic hydroxyl groups is 1. The highest BCUT2D eigenvalue weighted by molar-refractivity contribution is 5.85. The van der Waals surface area contributed by atoms with E-state index in [-0.39, 0.29) is 11.8 Å². The second-order valence-corrected chi connectivity index (χ2v) is 7.12. The van der Waals surface area contributed by atoms with E-state index >= 15 is 0 Å². The Balaban J connectivity index is 1.47. The van der Waals surface area contributed by atoms with Crippen LogP contribution in [-0.2, 0) is 6.42 Å². The van der Waals surface area contributed by atoms with Crippen molar-refractivity contribution in [2.75, 3.05) is 13.1 Å². The molecule has 0 spiro atoms. The maximum atomic E-state index is 12.3. The van der Waals surface area contributed by atoms with E-state index in [9.17, 15) is 18.3 Å². The van der Waals surface area contributed by atoms with Gasteiger partial charge in [0.2, 0.25) is 0 Å². The zero-order valence-electron chi connectivity index (χ0n) is 15.3. The standard InChI is InChI=1S/C21H21F3N2O2/c1-13-20-17(16-4-2-3-5-18(16)25-20)10-11-26(13)12-19(27)14-6-8-15(9-7-14)28-21(22,23)24/h2-9,13,19,25,27H,10-12H2,1H3. The topological polar surface area (TPSA) is 48.5 Å². The quantitative estimate of drug-likeness (QED) is 0.678.